The molecule has 0 aromatic heterocycles. The average molecular weight is 360 g/mol. The largest absolute Gasteiger partial charge is 0.497 e. The maximum absolute atomic E-state index is 12.1. The number of hydrogen-bond acceptors (Lipinski definition) is 3. The summed E-state index contributed by atoms with van der Waals surface area (Å²) in [6.07, 6.45) is 3.20. The molecule has 0 aliphatic heterocycles. The second-order valence-electron chi connectivity index (χ2n) is 5.96. The highest BCUT2D eigenvalue weighted by molar-refractivity contribution is 5.94. The van der Waals surface area contributed by atoms with Crippen molar-refractivity contribution in [3.63, 3.8) is 0 Å². The van der Waals surface area contributed by atoms with E-state index in [4.69, 9.17) is 4.74 Å². The van der Waals surface area contributed by atoms with Gasteiger partial charge in [-0.3, -0.25) is 20.4 Å². The van der Waals surface area contributed by atoms with Crippen LogP contribution in [0.25, 0.3) is 16.8 Å². The Morgan fingerprint density at radius 3 is 2.44 bits per heavy atom. The molecule has 3 rings (SSSR count). The Kier molecular flexibility index (Phi) is 5.84. The minimum Gasteiger partial charge on any atom is -0.497 e. The minimum atomic E-state index is -0.405. The van der Waals surface area contributed by atoms with Crippen LogP contribution in [0.15, 0.2) is 72.8 Å². The zero-order valence-electron chi connectivity index (χ0n) is 14.9. The highest BCUT2D eigenvalue weighted by atomic mass is 16.5. The molecule has 0 bridgehead atoms. The Balaban J connectivity index is 1.53. The first-order valence-electron chi connectivity index (χ1n) is 8.53. The summed E-state index contributed by atoms with van der Waals surface area (Å²) in [6.45, 7) is 0. The lowest BCUT2D eigenvalue weighted by Gasteiger charge is -2.08. The number of benzene rings is 3. The number of fused-ring (bicyclic) bond motifs is 1. The van der Waals surface area contributed by atoms with Gasteiger partial charge in [0.2, 0.25) is 5.91 Å². The van der Waals surface area contributed by atoms with Crippen LogP contribution in [0.5, 0.6) is 5.75 Å². The fraction of sp³-hybridized carbons (Fsp3) is 0.0909. The Morgan fingerprint density at radius 1 is 0.926 bits per heavy atom. The van der Waals surface area contributed by atoms with Crippen LogP contribution < -0.4 is 15.6 Å². The average Bonchev–Trinajstić information content (AvgIpc) is 2.71. The fourth-order valence-electron chi connectivity index (χ4n) is 2.72. The van der Waals surface area contributed by atoms with Crippen molar-refractivity contribution < 1.29 is 14.3 Å². The van der Waals surface area contributed by atoms with Crippen LogP contribution in [-0.4, -0.2) is 18.9 Å². The number of carbonyl (C=O) groups is 2. The number of hydrogen-bond donors (Lipinski definition) is 2. The second kappa shape index (κ2) is 8.67. The standard InChI is InChI=1S/C22H20N2O3/c1-27-19-12-9-16(10-13-19)11-14-21(25)23-24-22(26)15-18-7-4-6-17-5-2-3-8-20(17)18/h2-14H,15H2,1H3,(H,23,25)(H,24,26)/b14-11+. The Labute approximate surface area is 157 Å². The monoisotopic (exact) mass is 360 g/mol. The van der Waals surface area contributed by atoms with Crippen molar-refractivity contribution in [2.75, 3.05) is 7.11 Å². The maximum Gasteiger partial charge on any atom is 0.262 e. The predicted octanol–water partition coefficient (Wildman–Crippen LogP) is 3.25. The summed E-state index contributed by atoms with van der Waals surface area (Å²) in [7, 11) is 1.60. The van der Waals surface area contributed by atoms with Crippen LogP contribution in [0.3, 0.4) is 0 Å². The lowest BCUT2D eigenvalue weighted by atomic mass is 10.0. The van der Waals surface area contributed by atoms with Gasteiger partial charge in [-0.1, -0.05) is 54.6 Å². The van der Waals surface area contributed by atoms with Gasteiger partial charge in [-0.2, -0.15) is 0 Å². The van der Waals surface area contributed by atoms with Crippen LogP contribution in [0, 0.1) is 0 Å². The van der Waals surface area contributed by atoms with Crippen molar-refractivity contribution >= 4 is 28.7 Å². The van der Waals surface area contributed by atoms with Gasteiger partial charge >= 0.3 is 0 Å². The Morgan fingerprint density at radius 2 is 1.67 bits per heavy atom. The number of nitrogens with one attached hydrogen (secondary N) is 2. The van der Waals surface area contributed by atoms with Gasteiger partial charge in [0.15, 0.2) is 0 Å². The lowest BCUT2D eigenvalue weighted by molar-refractivity contribution is -0.126. The number of rotatable bonds is 5. The van der Waals surface area contributed by atoms with E-state index < -0.39 is 5.91 Å². The SMILES string of the molecule is COc1ccc(/C=C/C(=O)NNC(=O)Cc2cccc3ccccc23)cc1. The summed E-state index contributed by atoms with van der Waals surface area (Å²) < 4.78 is 5.08. The number of amides is 2. The molecule has 5 heteroatoms. The van der Waals surface area contributed by atoms with Crippen LogP contribution in [0.4, 0.5) is 0 Å². The summed E-state index contributed by atoms with van der Waals surface area (Å²) in [5.74, 6) is 0.0620. The third-order valence-electron chi connectivity index (χ3n) is 4.10. The molecule has 2 N–H and O–H groups in total. The van der Waals surface area contributed by atoms with Crippen molar-refractivity contribution in [2.24, 2.45) is 0 Å². The van der Waals surface area contributed by atoms with Gasteiger partial charge in [0, 0.05) is 6.08 Å². The van der Waals surface area contributed by atoms with E-state index in [2.05, 4.69) is 10.9 Å². The highest BCUT2D eigenvalue weighted by Crippen LogP contribution is 2.18. The first-order chi connectivity index (χ1) is 13.2. The molecule has 136 valence electrons. The Hall–Kier alpha value is -3.60. The van der Waals surface area contributed by atoms with Gasteiger partial charge in [0.05, 0.1) is 13.5 Å². The number of hydrazine groups is 1. The van der Waals surface area contributed by atoms with E-state index in [0.717, 1.165) is 27.6 Å². The van der Waals surface area contributed by atoms with Gasteiger partial charge < -0.3 is 4.74 Å². The van der Waals surface area contributed by atoms with E-state index in [1.54, 1.807) is 13.2 Å². The van der Waals surface area contributed by atoms with E-state index in [0.29, 0.717) is 0 Å². The molecule has 0 saturated heterocycles. The molecule has 0 unspecified atom stereocenters. The summed E-state index contributed by atoms with van der Waals surface area (Å²) in [5, 5.41) is 2.11. The normalized spacial score (nSPS) is 10.7. The molecular weight excluding hydrogens is 340 g/mol. The van der Waals surface area contributed by atoms with Crippen LogP contribution in [0.1, 0.15) is 11.1 Å². The third kappa shape index (κ3) is 4.95. The molecule has 0 saturated carbocycles. The fourth-order valence-corrected chi connectivity index (χ4v) is 2.72. The van der Waals surface area contributed by atoms with E-state index >= 15 is 0 Å². The first kappa shape index (κ1) is 18.2. The molecule has 0 atom stereocenters. The van der Waals surface area contributed by atoms with Crippen LogP contribution in [0.2, 0.25) is 0 Å². The van der Waals surface area contributed by atoms with E-state index in [1.165, 1.54) is 6.08 Å². The highest BCUT2D eigenvalue weighted by Gasteiger charge is 2.07. The zero-order valence-corrected chi connectivity index (χ0v) is 14.9. The van der Waals surface area contributed by atoms with E-state index in [1.807, 2.05) is 66.7 Å². The molecule has 3 aromatic rings. The minimum absolute atomic E-state index is 0.184. The maximum atomic E-state index is 12.1. The zero-order chi connectivity index (χ0) is 19.1. The second-order valence-corrected chi connectivity index (χ2v) is 5.96. The molecule has 0 spiro atoms. The number of methoxy groups -OCH3 is 1. The van der Waals surface area contributed by atoms with E-state index in [9.17, 15) is 9.59 Å². The third-order valence-corrected chi connectivity index (χ3v) is 4.10. The summed E-state index contributed by atoms with van der Waals surface area (Å²) in [6, 6.07) is 21.0. The van der Waals surface area contributed by atoms with Gasteiger partial charge in [-0.15, -0.1) is 0 Å². The van der Waals surface area contributed by atoms with Crippen molar-refractivity contribution in [3.05, 3.63) is 83.9 Å². The molecule has 0 radical (unpaired) electrons. The number of ether oxygens (including phenoxy) is 1. The van der Waals surface area contributed by atoms with Crippen molar-refractivity contribution in [1.82, 2.24) is 10.9 Å². The van der Waals surface area contributed by atoms with Crippen molar-refractivity contribution in [2.45, 2.75) is 6.42 Å². The summed E-state index contributed by atoms with van der Waals surface area (Å²) in [5.41, 5.74) is 6.60. The molecular formula is C22H20N2O3. The van der Waals surface area contributed by atoms with Crippen LogP contribution in [-0.2, 0) is 16.0 Å². The van der Waals surface area contributed by atoms with Crippen molar-refractivity contribution in [1.29, 1.82) is 0 Å². The molecule has 0 aliphatic carbocycles. The van der Waals surface area contributed by atoms with Crippen LogP contribution >= 0.6 is 0 Å². The first-order valence-corrected chi connectivity index (χ1v) is 8.53. The van der Waals surface area contributed by atoms with Crippen molar-refractivity contribution in [3.8, 4) is 5.75 Å². The molecule has 0 fully saturated rings. The number of carbonyl (C=O) groups excluding carboxylic acids is 2. The summed E-state index contributed by atoms with van der Waals surface area (Å²) in [4.78, 5) is 24.0. The van der Waals surface area contributed by atoms with Gasteiger partial charge in [-0.25, -0.2) is 0 Å². The molecule has 3 aromatic carbocycles. The predicted molar refractivity (Wildman–Crippen MR) is 106 cm³/mol. The quantitative estimate of drug-likeness (QED) is 0.542. The topological polar surface area (TPSA) is 67.4 Å². The summed E-state index contributed by atoms with van der Waals surface area (Å²) >= 11 is 0. The molecule has 2 amide bonds. The Bertz CT molecular complexity index is 973. The lowest BCUT2D eigenvalue weighted by Crippen LogP contribution is -2.41. The smallest absolute Gasteiger partial charge is 0.262 e. The molecule has 5 nitrogen and oxygen atoms in total. The van der Waals surface area contributed by atoms with E-state index in [-0.39, 0.29) is 12.3 Å². The molecule has 0 heterocycles. The van der Waals surface area contributed by atoms with Gasteiger partial charge in [0.25, 0.3) is 5.91 Å². The van der Waals surface area contributed by atoms with Gasteiger partial charge in [0.1, 0.15) is 5.75 Å². The molecule has 27 heavy (non-hydrogen) atoms. The van der Waals surface area contributed by atoms with Gasteiger partial charge in [-0.05, 0) is 40.1 Å². The molecule has 0 aliphatic rings.